The van der Waals surface area contributed by atoms with E-state index in [2.05, 4.69) is 26.1 Å². The lowest BCUT2D eigenvalue weighted by Gasteiger charge is -2.21. The smallest absolute Gasteiger partial charge is 0.244 e. The largest absolute Gasteiger partial charge is 0.388 e. The van der Waals surface area contributed by atoms with E-state index in [9.17, 15) is 9.90 Å². The summed E-state index contributed by atoms with van der Waals surface area (Å²) in [4.78, 5) is 12.0. The molecule has 0 aliphatic carbocycles. The molecule has 0 saturated carbocycles. The second-order valence-electron chi connectivity index (χ2n) is 6.65. The van der Waals surface area contributed by atoms with Gasteiger partial charge in [0, 0.05) is 12.1 Å². The molecule has 0 fully saturated rings. The Morgan fingerprint density at radius 1 is 1.29 bits per heavy atom. The predicted molar refractivity (Wildman–Crippen MR) is 86.8 cm³/mol. The van der Waals surface area contributed by atoms with Gasteiger partial charge in [0.2, 0.25) is 5.91 Å². The van der Waals surface area contributed by atoms with Gasteiger partial charge >= 0.3 is 0 Å². The topological polar surface area (TPSA) is 49.3 Å². The van der Waals surface area contributed by atoms with Crippen molar-refractivity contribution in [1.82, 2.24) is 5.32 Å². The molecule has 0 spiro atoms. The number of amides is 1. The van der Waals surface area contributed by atoms with Crippen molar-refractivity contribution in [2.75, 3.05) is 0 Å². The highest BCUT2D eigenvalue weighted by molar-refractivity contribution is 5.88. The molecule has 1 amide bonds. The molecule has 0 aromatic heterocycles. The number of aliphatic hydroxyl groups excluding tert-OH is 1. The monoisotopic (exact) mass is 289 g/mol. The summed E-state index contributed by atoms with van der Waals surface area (Å²) in [6.45, 7) is 10.1. The summed E-state index contributed by atoms with van der Waals surface area (Å²) in [6, 6.07) is 9.42. The van der Waals surface area contributed by atoms with Crippen molar-refractivity contribution < 1.29 is 9.90 Å². The van der Waals surface area contributed by atoms with Crippen LogP contribution in [0.15, 0.2) is 42.0 Å². The normalized spacial score (nSPS) is 15.4. The van der Waals surface area contributed by atoms with E-state index in [1.807, 2.05) is 44.2 Å². The fraction of sp³-hybridized carbons (Fsp3) is 0.500. The third-order valence-corrected chi connectivity index (χ3v) is 3.68. The summed E-state index contributed by atoms with van der Waals surface area (Å²) in [6.07, 6.45) is 1.58. The molecule has 1 rings (SSSR count). The first-order valence-electron chi connectivity index (χ1n) is 7.42. The summed E-state index contributed by atoms with van der Waals surface area (Å²) in [5, 5.41) is 13.1. The molecule has 0 aliphatic rings. The van der Waals surface area contributed by atoms with E-state index in [4.69, 9.17) is 0 Å². The second kappa shape index (κ2) is 7.41. The highest BCUT2D eigenvalue weighted by Crippen LogP contribution is 2.24. The number of nitrogens with one attached hydrogen (secondary N) is 1. The molecule has 0 radical (unpaired) electrons. The first kappa shape index (κ1) is 17.4. The van der Waals surface area contributed by atoms with Crippen LogP contribution < -0.4 is 5.32 Å². The summed E-state index contributed by atoms with van der Waals surface area (Å²) in [7, 11) is 0. The maximum Gasteiger partial charge on any atom is 0.244 e. The molecule has 0 bridgehead atoms. The Hall–Kier alpha value is -1.61. The Morgan fingerprint density at radius 3 is 2.38 bits per heavy atom. The lowest BCUT2D eigenvalue weighted by atomic mass is 9.87. The molecule has 0 saturated heterocycles. The maximum atomic E-state index is 12.0. The number of rotatable bonds is 5. The first-order valence-corrected chi connectivity index (χ1v) is 7.42. The van der Waals surface area contributed by atoms with E-state index in [1.54, 1.807) is 6.08 Å². The highest BCUT2D eigenvalue weighted by atomic mass is 16.3. The van der Waals surface area contributed by atoms with Crippen molar-refractivity contribution in [3.8, 4) is 0 Å². The zero-order chi connectivity index (χ0) is 16.0. The van der Waals surface area contributed by atoms with Crippen LogP contribution in [0.2, 0.25) is 0 Å². The van der Waals surface area contributed by atoms with Crippen molar-refractivity contribution in [3.63, 3.8) is 0 Å². The van der Waals surface area contributed by atoms with Crippen molar-refractivity contribution >= 4 is 5.91 Å². The van der Waals surface area contributed by atoms with Crippen LogP contribution in [0.5, 0.6) is 0 Å². The number of benzene rings is 1. The fourth-order valence-electron chi connectivity index (χ4n) is 1.90. The van der Waals surface area contributed by atoms with Crippen LogP contribution >= 0.6 is 0 Å². The van der Waals surface area contributed by atoms with Crippen LogP contribution in [-0.4, -0.2) is 17.1 Å². The predicted octanol–water partition coefficient (Wildman–Crippen LogP) is 3.61. The number of allylic oxidation sites excluding steroid dienone is 1. The molecular weight excluding hydrogens is 262 g/mol. The van der Waals surface area contributed by atoms with Gasteiger partial charge in [-0.1, -0.05) is 56.7 Å². The van der Waals surface area contributed by atoms with Gasteiger partial charge in [-0.2, -0.15) is 0 Å². The van der Waals surface area contributed by atoms with E-state index in [-0.39, 0.29) is 17.4 Å². The van der Waals surface area contributed by atoms with E-state index in [1.165, 1.54) is 0 Å². The number of hydrogen-bond donors (Lipinski definition) is 2. The third kappa shape index (κ3) is 6.13. The van der Waals surface area contributed by atoms with Gasteiger partial charge < -0.3 is 10.4 Å². The van der Waals surface area contributed by atoms with Gasteiger partial charge in [-0.15, -0.1) is 0 Å². The van der Waals surface area contributed by atoms with Gasteiger partial charge in [-0.25, -0.2) is 0 Å². The van der Waals surface area contributed by atoms with Crippen molar-refractivity contribution in [3.05, 3.63) is 47.5 Å². The summed E-state index contributed by atoms with van der Waals surface area (Å²) in [5.74, 6) is -0.102. The lowest BCUT2D eigenvalue weighted by Crippen LogP contribution is -2.33. The summed E-state index contributed by atoms with van der Waals surface area (Å²) >= 11 is 0. The SMILES string of the molecule is C/C(=C/C(=O)NC(C)CC(O)c1ccccc1)C(C)(C)C. The molecule has 116 valence electrons. The molecule has 21 heavy (non-hydrogen) atoms. The minimum atomic E-state index is -0.561. The minimum absolute atomic E-state index is 0.00979. The van der Waals surface area contributed by atoms with Crippen molar-refractivity contribution in [2.24, 2.45) is 5.41 Å². The number of carbonyl (C=O) groups excluding carboxylic acids is 1. The second-order valence-corrected chi connectivity index (χ2v) is 6.65. The molecule has 2 unspecified atom stereocenters. The van der Waals surface area contributed by atoms with Crippen molar-refractivity contribution in [1.29, 1.82) is 0 Å². The van der Waals surface area contributed by atoms with Crippen LogP contribution in [-0.2, 0) is 4.79 Å². The quantitative estimate of drug-likeness (QED) is 0.814. The zero-order valence-electron chi connectivity index (χ0n) is 13.7. The van der Waals surface area contributed by atoms with E-state index >= 15 is 0 Å². The minimum Gasteiger partial charge on any atom is -0.388 e. The molecular formula is C18H27NO2. The van der Waals surface area contributed by atoms with E-state index in [0.717, 1.165) is 11.1 Å². The Bertz CT molecular complexity index is 486. The highest BCUT2D eigenvalue weighted by Gasteiger charge is 2.16. The molecule has 2 atom stereocenters. The Kier molecular flexibility index (Phi) is 6.16. The van der Waals surface area contributed by atoms with Crippen molar-refractivity contribution in [2.45, 2.75) is 53.2 Å². The average molecular weight is 289 g/mol. The van der Waals surface area contributed by atoms with Crippen LogP contribution in [0.25, 0.3) is 0 Å². The first-order chi connectivity index (χ1) is 9.70. The molecule has 0 heterocycles. The van der Waals surface area contributed by atoms with Crippen LogP contribution in [0.1, 0.15) is 52.7 Å². The van der Waals surface area contributed by atoms with Gasteiger partial charge in [0.1, 0.15) is 0 Å². The molecule has 3 heteroatoms. The molecule has 2 N–H and O–H groups in total. The maximum absolute atomic E-state index is 12.0. The number of carbonyl (C=O) groups is 1. The number of hydrogen-bond acceptors (Lipinski definition) is 2. The van der Waals surface area contributed by atoms with Crippen LogP contribution in [0.3, 0.4) is 0 Å². The van der Waals surface area contributed by atoms with Gasteiger partial charge in [-0.3, -0.25) is 4.79 Å². The van der Waals surface area contributed by atoms with Gasteiger partial charge in [0.15, 0.2) is 0 Å². The summed E-state index contributed by atoms with van der Waals surface area (Å²) < 4.78 is 0. The van der Waals surface area contributed by atoms with Gasteiger partial charge in [0.25, 0.3) is 0 Å². The molecule has 3 nitrogen and oxygen atoms in total. The fourth-order valence-corrected chi connectivity index (χ4v) is 1.90. The Balaban J connectivity index is 2.54. The van der Waals surface area contributed by atoms with E-state index < -0.39 is 6.10 Å². The zero-order valence-corrected chi connectivity index (χ0v) is 13.7. The van der Waals surface area contributed by atoms with Crippen LogP contribution in [0, 0.1) is 5.41 Å². The lowest BCUT2D eigenvalue weighted by molar-refractivity contribution is -0.117. The Labute approximate surface area is 128 Å². The molecule has 1 aromatic rings. The van der Waals surface area contributed by atoms with Gasteiger partial charge in [0.05, 0.1) is 6.10 Å². The van der Waals surface area contributed by atoms with Gasteiger partial charge in [-0.05, 0) is 31.2 Å². The molecule has 1 aromatic carbocycles. The average Bonchev–Trinajstić information content (AvgIpc) is 2.38. The standard InChI is InChI=1S/C18H27NO2/c1-13(18(3,4)5)11-17(21)19-14(2)12-16(20)15-9-7-6-8-10-15/h6-11,14,16,20H,12H2,1-5H3,(H,19,21)/b13-11-. The van der Waals surface area contributed by atoms with E-state index in [0.29, 0.717) is 6.42 Å². The van der Waals surface area contributed by atoms with Crippen LogP contribution in [0.4, 0.5) is 0 Å². The third-order valence-electron chi connectivity index (χ3n) is 3.68. The number of aliphatic hydroxyl groups is 1. The Morgan fingerprint density at radius 2 is 1.86 bits per heavy atom. The molecule has 0 aliphatic heterocycles. The summed E-state index contributed by atoms with van der Waals surface area (Å²) in [5.41, 5.74) is 1.90.